The highest BCUT2D eigenvalue weighted by Gasteiger charge is 1.91. The van der Waals surface area contributed by atoms with Crippen molar-refractivity contribution in [1.29, 1.82) is 0 Å². The summed E-state index contributed by atoms with van der Waals surface area (Å²) in [5.41, 5.74) is 12.5. The molecular weight excluding hydrogens is 268 g/mol. The van der Waals surface area contributed by atoms with Crippen molar-refractivity contribution < 1.29 is 0 Å². The number of nitrogen functional groups attached to an aromatic ring is 2. The number of anilines is 2. The Morgan fingerprint density at radius 3 is 1.36 bits per heavy atom. The molecule has 4 aromatic rings. The molecule has 4 N–H and O–H groups in total. The maximum atomic E-state index is 5.57. The topological polar surface area (TPSA) is 52.0 Å². The molecule has 0 aromatic heterocycles. The quantitative estimate of drug-likeness (QED) is 0.469. The second-order valence-electron chi connectivity index (χ2n) is 5.00. The lowest BCUT2D eigenvalue weighted by atomic mass is 10.1. The predicted octanol–water partition coefficient (Wildman–Crippen LogP) is 4.44. The van der Waals surface area contributed by atoms with Gasteiger partial charge in [0, 0.05) is 23.5 Å². The highest BCUT2D eigenvalue weighted by atomic mass is 14.5. The largest absolute Gasteiger partial charge is 0.398 e. The van der Waals surface area contributed by atoms with Crippen molar-refractivity contribution in [3.05, 3.63) is 84.9 Å². The number of rotatable bonds is 0. The number of hydrogen-bond donors (Lipinski definition) is 2. The van der Waals surface area contributed by atoms with E-state index in [1.54, 1.807) is 0 Å². The van der Waals surface area contributed by atoms with Crippen LogP contribution in [0.3, 0.4) is 0 Å². The smallest absolute Gasteiger partial charge is 0.0401 e. The van der Waals surface area contributed by atoms with Crippen LogP contribution >= 0.6 is 0 Å². The summed E-state index contributed by atoms with van der Waals surface area (Å²) in [6.45, 7) is 0. The van der Waals surface area contributed by atoms with Crippen LogP contribution in [0.2, 0.25) is 0 Å². The van der Waals surface area contributed by atoms with Crippen LogP contribution in [-0.4, -0.2) is 0 Å². The molecule has 2 nitrogen and oxygen atoms in total. The van der Waals surface area contributed by atoms with E-state index < -0.39 is 0 Å². The molecule has 22 heavy (non-hydrogen) atoms. The van der Waals surface area contributed by atoms with Gasteiger partial charge in [-0.1, -0.05) is 60.7 Å². The minimum Gasteiger partial charge on any atom is -0.398 e. The molecule has 106 valence electrons. The van der Waals surface area contributed by atoms with Gasteiger partial charge in [-0.25, -0.2) is 0 Å². The van der Waals surface area contributed by atoms with Crippen LogP contribution in [0.5, 0.6) is 0 Å². The summed E-state index contributed by atoms with van der Waals surface area (Å²) in [4.78, 5) is 0. The molecule has 4 rings (SSSR count). The third-order valence-electron chi connectivity index (χ3n) is 3.36. The van der Waals surface area contributed by atoms with Crippen LogP contribution in [0.4, 0.5) is 11.4 Å². The molecule has 0 aliphatic rings. The van der Waals surface area contributed by atoms with E-state index in [0.29, 0.717) is 11.4 Å². The maximum absolute atomic E-state index is 5.57. The second-order valence-corrected chi connectivity index (χ2v) is 5.00. The molecule has 0 saturated heterocycles. The van der Waals surface area contributed by atoms with Gasteiger partial charge in [0.25, 0.3) is 0 Å². The van der Waals surface area contributed by atoms with Gasteiger partial charge in [-0.15, -0.1) is 0 Å². The van der Waals surface area contributed by atoms with Crippen molar-refractivity contribution in [1.82, 2.24) is 0 Å². The molecule has 0 heterocycles. The van der Waals surface area contributed by atoms with Gasteiger partial charge in [0.1, 0.15) is 0 Å². The van der Waals surface area contributed by atoms with Crippen LogP contribution in [0.1, 0.15) is 0 Å². The van der Waals surface area contributed by atoms with Gasteiger partial charge >= 0.3 is 0 Å². The van der Waals surface area contributed by atoms with Crippen LogP contribution in [0.25, 0.3) is 21.5 Å². The Morgan fingerprint density at radius 2 is 0.909 bits per heavy atom. The van der Waals surface area contributed by atoms with Crippen LogP contribution in [0, 0.1) is 12.1 Å². The van der Waals surface area contributed by atoms with Crippen molar-refractivity contribution in [2.24, 2.45) is 0 Å². The Morgan fingerprint density at radius 1 is 0.500 bits per heavy atom. The molecule has 0 fully saturated rings. The Labute approximate surface area is 130 Å². The van der Waals surface area contributed by atoms with Gasteiger partial charge in [-0.3, -0.25) is 0 Å². The Bertz CT molecular complexity index is 836. The molecule has 0 unspecified atom stereocenters. The van der Waals surface area contributed by atoms with Crippen molar-refractivity contribution in [2.45, 2.75) is 0 Å². The molecule has 2 radical (unpaired) electrons. The van der Waals surface area contributed by atoms with Crippen molar-refractivity contribution >= 4 is 32.9 Å². The minimum absolute atomic E-state index is 0.698. The molecule has 4 aromatic carbocycles. The minimum atomic E-state index is 0.698. The molecule has 0 atom stereocenters. The van der Waals surface area contributed by atoms with E-state index in [1.807, 2.05) is 72.8 Å². The maximum Gasteiger partial charge on any atom is 0.0401 e. The lowest BCUT2D eigenvalue weighted by Crippen LogP contribution is -1.83. The first-order valence-corrected chi connectivity index (χ1v) is 7.05. The Hall–Kier alpha value is -3.00. The first-order chi connectivity index (χ1) is 10.7. The summed E-state index contributed by atoms with van der Waals surface area (Å²) >= 11 is 0. The van der Waals surface area contributed by atoms with Crippen LogP contribution < -0.4 is 11.5 Å². The number of hydrogen-bond acceptors (Lipinski definition) is 2. The van der Waals surface area contributed by atoms with Gasteiger partial charge in [0.15, 0.2) is 0 Å². The summed E-state index contributed by atoms with van der Waals surface area (Å²) < 4.78 is 0. The summed E-state index contributed by atoms with van der Waals surface area (Å²) in [5, 5.41) is 4.52. The Kier molecular flexibility index (Phi) is 3.92. The first-order valence-electron chi connectivity index (χ1n) is 7.05. The summed E-state index contributed by atoms with van der Waals surface area (Å²) in [6.07, 6.45) is 0. The highest BCUT2D eigenvalue weighted by Crippen LogP contribution is 2.16. The fraction of sp³-hybridized carbons (Fsp3) is 0. The van der Waals surface area contributed by atoms with Gasteiger partial charge in [0.2, 0.25) is 0 Å². The van der Waals surface area contributed by atoms with Gasteiger partial charge in [-0.05, 0) is 33.7 Å². The van der Waals surface area contributed by atoms with E-state index >= 15 is 0 Å². The third kappa shape index (κ3) is 3.18. The lowest BCUT2D eigenvalue weighted by molar-refractivity contribution is 1.71. The molecule has 2 heteroatoms. The zero-order valence-electron chi connectivity index (χ0n) is 12.1. The van der Waals surface area contributed by atoms with Gasteiger partial charge < -0.3 is 11.5 Å². The zero-order valence-corrected chi connectivity index (χ0v) is 12.1. The molecule has 0 amide bonds. The fourth-order valence-corrected chi connectivity index (χ4v) is 2.27. The fourth-order valence-electron chi connectivity index (χ4n) is 2.27. The lowest BCUT2D eigenvalue weighted by Gasteiger charge is -1.96. The normalized spacial score (nSPS) is 10.2. The first kappa shape index (κ1) is 14.0. The number of fused-ring (bicyclic) bond motifs is 2. The van der Waals surface area contributed by atoms with Gasteiger partial charge in [-0.2, -0.15) is 0 Å². The summed E-state index contributed by atoms with van der Waals surface area (Å²) in [7, 11) is 0. The summed E-state index contributed by atoms with van der Waals surface area (Å²) in [5.74, 6) is 0. The van der Waals surface area contributed by atoms with Crippen molar-refractivity contribution in [3.8, 4) is 0 Å². The monoisotopic (exact) mass is 284 g/mol. The highest BCUT2D eigenvalue weighted by molar-refractivity contribution is 5.85. The van der Waals surface area contributed by atoms with E-state index in [0.717, 1.165) is 10.8 Å². The average molecular weight is 284 g/mol. The SMILES string of the molecule is Nc1[c]c2ccccc2cc1.Nc1[c]c2ccccc2cc1. The standard InChI is InChI=1S/2C10H8N/c2*11-10-6-5-8-3-1-2-4-9(8)7-10/h2*1-6H,11H2. The molecule has 0 saturated carbocycles. The molecule has 0 aliphatic carbocycles. The van der Waals surface area contributed by atoms with Gasteiger partial charge in [0.05, 0.1) is 0 Å². The van der Waals surface area contributed by atoms with E-state index in [9.17, 15) is 0 Å². The average Bonchev–Trinajstić information content (AvgIpc) is 2.55. The molecule has 0 spiro atoms. The van der Waals surface area contributed by atoms with E-state index in [2.05, 4.69) is 12.1 Å². The second kappa shape index (κ2) is 6.19. The van der Waals surface area contributed by atoms with E-state index in [4.69, 9.17) is 11.5 Å². The van der Waals surface area contributed by atoms with Crippen LogP contribution in [0.15, 0.2) is 72.8 Å². The number of benzene rings is 4. The molecule has 0 bridgehead atoms. The van der Waals surface area contributed by atoms with Crippen LogP contribution in [-0.2, 0) is 0 Å². The molecular formula is C20H16N2. The summed E-state index contributed by atoms with van der Waals surface area (Å²) in [6, 6.07) is 30.0. The van der Waals surface area contributed by atoms with Crippen molar-refractivity contribution in [2.75, 3.05) is 11.5 Å². The number of nitrogens with two attached hydrogens (primary N) is 2. The zero-order chi connectivity index (χ0) is 15.4. The van der Waals surface area contributed by atoms with E-state index in [1.165, 1.54) is 10.8 Å². The Balaban J connectivity index is 0.000000131. The third-order valence-corrected chi connectivity index (χ3v) is 3.36. The van der Waals surface area contributed by atoms with Crippen molar-refractivity contribution in [3.63, 3.8) is 0 Å². The van der Waals surface area contributed by atoms with E-state index in [-0.39, 0.29) is 0 Å². The molecule has 0 aliphatic heterocycles. The predicted molar refractivity (Wildman–Crippen MR) is 94.4 cm³/mol.